The van der Waals surface area contributed by atoms with Crippen LogP contribution in [0.4, 0.5) is 17.2 Å². The van der Waals surface area contributed by atoms with Crippen molar-refractivity contribution in [2.24, 2.45) is 0 Å². The molecule has 0 aliphatic carbocycles. The second-order valence-electron chi connectivity index (χ2n) is 5.95. The van der Waals surface area contributed by atoms with Crippen LogP contribution in [0.3, 0.4) is 0 Å². The van der Waals surface area contributed by atoms with Gasteiger partial charge in [-0.3, -0.25) is 14.9 Å². The zero-order chi connectivity index (χ0) is 18.5. The van der Waals surface area contributed by atoms with E-state index in [0.29, 0.717) is 17.8 Å². The van der Waals surface area contributed by atoms with Crippen LogP contribution >= 0.6 is 0 Å². The highest BCUT2D eigenvalue weighted by atomic mass is 16.6. The molecular weight excluding hydrogens is 336 g/mol. The fourth-order valence-electron chi connectivity index (χ4n) is 3.08. The molecule has 1 fully saturated rings. The summed E-state index contributed by atoms with van der Waals surface area (Å²) in [4.78, 5) is 27.0. The number of aromatic nitrogens is 2. The molecule has 0 atom stereocenters. The molecule has 0 saturated carbocycles. The molecular formula is C17H20N6O3. The number of carbonyl (C=O) groups excluding carboxylic acids is 1. The van der Waals surface area contributed by atoms with Gasteiger partial charge in [-0.05, 0) is 24.6 Å². The molecule has 2 aromatic rings. The van der Waals surface area contributed by atoms with Crippen LogP contribution in [0.2, 0.25) is 0 Å². The van der Waals surface area contributed by atoms with Gasteiger partial charge in [0.1, 0.15) is 0 Å². The third kappa shape index (κ3) is 3.71. The number of benzene rings is 1. The van der Waals surface area contributed by atoms with Crippen LogP contribution in [-0.2, 0) is 0 Å². The van der Waals surface area contributed by atoms with Gasteiger partial charge in [0.25, 0.3) is 11.6 Å². The van der Waals surface area contributed by atoms with Gasteiger partial charge >= 0.3 is 0 Å². The molecule has 9 heteroatoms. The number of non-ortho nitro benzene ring substituents is 1. The van der Waals surface area contributed by atoms with Crippen molar-refractivity contribution in [1.29, 1.82) is 0 Å². The van der Waals surface area contributed by atoms with Crippen molar-refractivity contribution in [3.8, 4) is 0 Å². The average molecular weight is 356 g/mol. The summed E-state index contributed by atoms with van der Waals surface area (Å²) in [5, 5.41) is 21.7. The molecule has 0 spiro atoms. The Hall–Kier alpha value is -3.23. The average Bonchev–Trinajstić information content (AvgIpc) is 2.93. The maximum Gasteiger partial charge on any atom is 0.270 e. The van der Waals surface area contributed by atoms with Gasteiger partial charge in [-0.2, -0.15) is 5.10 Å². The molecule has 1 N–H and O–H groups in total. The van der Waals surface area contributed by atoms with Gasteiger partial charge in [-0.1, -0.05) is 0 Å². The van der Waals surface area contributed by atoms with Gasteiger partial charge < -0.3 is 15.1 Å². The highest BCUT2D eigenvalue weighted by Crippen LogP contribution is 2.27. The lowest BCUT2D eigenvalue weighted by atomic mass is 10.1. The molecule has 26 heavy (non-hydrogen) atoms. The van der Waals surface area contributed by atoms with Crippen LogP contribution in [0.1, 0.15) is 16.8 Å². The molecule has 9 nitrogen and oxygen atoms in total. The lowest BCUT2D eigenvalue weighted by Crippen LogP contribution is -2.32. The number of carbonyl (C=O) groups is 1. The molecule has 136 valence electrons. The quantitative estimate of drug-likeness (QED) is 0.653. The van der Waals surface area contributed by atoms with E-state index in [4.69, 9.17) is 0 Å². The predicted octanol–water partition coefficient (Wildman–Crippen LogP) is 1.46. The highest BCUT2D eigenvalue weighted by molar-refractivity contribution is 6.00. The third-order valence-electron chi connectivity index (χ3n) is 4.38. The van der Waals surface area contributed by atoms with Crippen LogP contribution in [0.5, 0.6) is 0 Å². The van der Waals surface area contributed by atoms with Crippen molar-refractivity contribution in [3.05, 3.63) is 52.2 Å². The Bertz CT molecular complexity index is 798. The van der Waals surface area contributed by atoms with E-state index < -0.39 is 4.92 Å². The molecule has 0 unspecified atom stereocenters. The Balaban J connectivity index is 1.84. The number of nitrogens with zero attached hydrogens (tertiary/aromatic N) is 5. The predicted molar refractivity (Wildman–Crippen MR) is 97.6 cm³/mol. The molecule has 1 aliphatic heterocycles. The number of anilines is 2. The summed E-state index contributed by atoms with van der Waals surface area (Å²) in [6.07, 6.45) is 2.51. The molecule has 2 heterocycles. The highest BCUT2D eigenvalue weighted by Gasteiger charge is 2.22. The Kier molecular flexibility index (Phi) is 5.26. The van der Waals surface area contributed by atoms with Crippen LogP contribution in [0.15, 0.2) is 36.5 Å². The van der Waals surface area contributed by atoms with Gasteiger partial charge in [-0.15, -0.1) is 5.10 Å². The first-order valence-electron chi connectivity index (χ1n) is 8.38. The zero-order valence-electron chi connectivity index (χ0n) is 14.5. The molecule has 1 aromatic heterocycles. The van der Waals surface area contributed by atoms with Gasteiger partial charge in [0.2, 0.25) is 0 Å². The number of nitro groups is 1. The van der Waals surface area contributed by atoms with E-state index >= 15 is 0 Å². The lowest BCUT2D eigenvalue weighted by Gasteiger charge is -2.25. The Morgan fingerprint density at radius 2 is 1.96 bits per heavy atom. The number of hydrogen-bond acceptors (Lipinski definition) is 7. The van der Waals surface area contributed by atoms with E-state index in [1.807, 2.05) is 12.1 Å². The minimum atomic E-state index is -0.492. The summed E-state index contributed by atoms with van der Waals surface area (Å²) in [6.45, 7) is 2.98. The monoisotopic (exact) mass is 356 g/mol. The normalized spacial score (nSPS) is 14.7. The molecule has 0 bridgehead atoms. The summed E-state index contributed by atoms with van der Waals surface area (Å²) in [5.41, 5.74) is 0.925. The van der Waals surface area contributed by atoms with Crippen LogP contribution in [-0.4, -0.2) is 54.3 Å². The third-order valence-corrected chi connectivity index (χ3v) is 4.38. The fourth-order valence-corrected chi connectivity index (χ4v) is 3.08. The fraction of sp³-hybridized carbons (Fsp3) is 0.353. The first-order chi connectivity index (χ1) is 12.6. The summed E-state index contributed by atoms with van der Waals surface area (Å²) in [7, 11) is 1.52. The number of rotatable bonds is 4. The van der Waals surface area contributed by atoms with E-state index in [1.165, 1.54) is 19.2 Å². The van der Waals surface area contributed by atoms with Crippen LogP contribution in [0, 0.1) is 10.1 Å². The summed E-state index contributed by atoms with van der Waals surface area (Å²) < 4.78 is 0. The number of amides is 1. The minimum absolute atomic E-state index is 0.0941. The largest absolute Gasteiger partial charge is 0.369 e. The van der Waals surface area contributed by atoms with E-state index in [0.717, 1.165) is 31.9 Å². The topological polar surface area (TPSA) is 104 Å². The van der Waals surface area contributed by atoms with Crippen molar-refractivity contribution < 1.29 is 9.72 Å². The van der Waals surface area contributed by atoms with Gasteiger partial charge in [-0.25, -0.2) is 0 Å². The number of hydrogen-bond donors (Lipinski definition) is 1. The Morgan fingerprint density at radius 3 is 2.65 bits per heavy atom. The molecule has 3 rings (SSSR count). The van der Waals surface area contributed by atoms with E-state index in [1.54, 1.807) is 12.3 Å². The standard InChI is InChI=1S/C17H20N6O3/c1-18-17(24)14-12-13(23(25)26)5-6-15(14)21-8-3-9-22(11-10-21)16-4-2-7-19-20-16/h2,4-7,12H,3,8-11H2,1H3,(H,18,24). The van der Waals surface area contributed by atoms with E-state index in [9.17, 15) is 14.9 Å². The van der Waals surface area contributed by atoms with E-state index in [-0.39, 0.29) is 11.6 Å². The number of nitrogens with one attached hydrogen (secondary N) is 1. The second kappa shape index (κ2) is 7.77. The second-order valence-corrected chi connectivity index (χ2v) is 5.95. The van der Waals surface area contributed by atoms with Gasteiger partial charge in [0.15, 0.2) is 5.82 Å². The van der Waals surface area contributed by atoms with Crippen LogP contribution in [0.25, 0.3) is 0 Å². The van der Waals surface area contributed by atoms with Crippen molar-refractivity contribution in [3.63, 3.8) is 0 Å². The molecule has 1 amide bonds. The first kappa shape index (κ1) is 17.6. The molecule has 1 aromatic carbocycles. The Morgan fingerprint density at radius 1 is 1.19 bits per heavy atom. The summed E-state index contributed by atoms with van der Waals surface area (Å²) in [6, 6.07) is 8.20. The molecule has 1 aliphatic rings. The van der Waals surface area contributed by atoms with E-state index in [2.05, 4.69) is 25.3 Å². The SMILES string of the molecule is CNC(=O)c1cc([N+](=O)[O-])ccc1N1CCCN(c2cccnn2)CC1. The van der Waals surface area contributed by atoms with Gasteiger partial charge in [0.05, 0.1) is 16.2 Å². The number of nitro benzene ring substituents is 1. The summed E-state index contributed by atoms with van der Waals surface area (Å²) >= 11 is 0. The summed E-state index contributed by atoms with van der Waals surface area (Å²) in [5.74, 6) is 0.489. The van der Waals surface area contributed by atoms with Crippen molar-refractivity contribution >= 4 is 23.1 Å². The molecule has 0 radical (unpaired) electrons. The van der Waals surface area contributed by atoms with Gasteiger partial charge in [0, 0.05) is 51.6 Å². The maximum absolute atomic E-state index is 12.2. The van der Waals surface area contributed by atoms with Crippen LogP contribution < -0.4 is 15.1 Å². The Labute approximate surface area is 150 Å². The van der Waals surface area contributed by atoms with Crippen molar-refractivity contribution in [2.45, 2.75) is 6.42 Å². The van der Waals surface area contributed by atoms with Crippen molar-refractivity contribution in [2.75, 3.05) is 43.0 Å². The molecule has 1 saturated heterocycles. The maximum atomic E-state index is 12.2. The smallest absolute Gasteiger partial charge is 0.270 e. The van der Waals surface area contributed by atoms with Crippen molar-refractivity contribution in [1.82, 2.24) is 15.5 Å². The minimum Gasteiger partial charge on any atom is -0.369 e. The lowest BCUT2D eigenvalue weighted by molar-refractivity contribution is -0.384. The zero-order valence-corrected chi connectivity index (χ0v) is 14.5. The first-order valence-corrected chi connectivity index (χ1v) is 8.38.